The van der Waals surface area contributed by atoms with Gasteiger partial charge in [-0.15, -0.1) is 5.10 Å². The van der Waals surface area contributed by atoms with Gasteiger partial charge in [-0.2, -0.15) is 8.91 Å². The van der Waals surface area contributed by atoms with Crippen LogP contribution in [0.3, 0.4) is 0 Å². The van der Waals surface area contributed by atoms with Gasteiger partial charge in [0.15, 0.2) is 0 Å². The van der Waals surface area contributed by atoms with Gasteiger partial charge in [0.2, 0.25) is 21.8 Å². The minimum Gasteiger partial charge on any atom is -0.274 e. The van der Waals surface area contributed by atoms with Gasteiger partial charge in [-0.05, 0) is 6.92 Å². The molecular weight excluding hydrogens is 249 g/mol. The number of fused-ring (bicyclic) bond motifs is 1. The Labute approximate surface area is 98.3 Å². The van der Waals surface area contributed by atoms with E-state index in [-0.39, 0.29) is 21.7 Å². The highest BCUT2D eigenvalue weighted by Crippen LogP contribution is 2.16. The summed E-state index contributed by atoms with van der Waals surface area (Å²) in [6.07, 6.45) is 0. The maximum absolute atomic E-state index is 13.3. The first-order valence-corrected chi connectivity index (χ1v) is 5.39. The lowest BCUT2D eigenvalue weighted by molar-refractivity contribution is -0.118. The zero-order chi connectivity index (χ0) is 12.6. The van der Waals surface area contributed by atoms with Gasteiger partial charge in [-0.1, -0.05) is 11.3 Å². The number of aromatic nitrogens is 3. The van der Waals surface area contributed by atoms with Gasteiger partial charge in [0.25, 0.3) is 0 Å². The van der Waals surface area contributed by atoms with Crippen LogP contribution in [0.1, 0.15) is 12.6 Å². The lowest BCUT2D eigenvalue weighted by Crippen LogP contribution is -2.27. The largest absolute Gasteiger partial charge is 0.311 e. The predicted molar refractivity (Wildman–Crippen MR) is 59.3 cm³/mol. The van der Waals surface area contributed by atoms with Gasteiger partial charge in [-0.3, -0.25) is 20.4 Å². The molecule has 0 aliphatic carbocycles. The molecule has 17 heavy (non-hydrogen) atoms. The van der Waals surface area contributed by atoms with Crippen LogP contribution >= 0.6 is 11.3 Å². The summed E-state index contributed by atoms with van der Waals surface area (Å²) >= 11 is 1.02. The van der Waals surface area contributed by atoms with Crippen LogP contribution in [0, 0.1) is 12.7 Å². The second-order valence-corrected chi connectivity index (χ2v) is 4.18. The summed E-state index contributed by atoms with van der Waals surface area (Å²) in [6, 6.07) is 0. The normalized spacial score (nSPS) is 10.5. The molecule has 7 nitrogen and oxygen atoms in total. The first-order chi connectivity index (χ1) is 7.99. The van der Waals surface area contributed by atoms with Gasteiger partial charge in [0.1, 0.15) is 0 Å². The van der Waals surface area contributed by atoms with E-state index in [1.54, 1.807) is 0 Å². The van der Waals surface area contributed by atoms with Crippen molar-refractivity contribution in [2.45, 2.75) is 13.8 Å². The van der Waals surface area contributed by atoms with Crippen molar-refractivity contribution in [3.63, 3.8) is 0 Å². The summed E-state index contributed by atoms with van der Waals surface area (Å²) < 4.78 is 14.1. The Kier molecular flexibility index (Phi) is 2.76. The number of carbonyl (C=O) groups is 1. The van der Waals surface area contributed by atoms with Crippen LogP contribution in [-0.2, 0) is 4.79 Å². The van der Waals surface area contributed by atoms with Gasteiger partial charge in [-0.25, -0.2) is 4.98 Å². The maximum atomic E-state index is 13.3. The molecule has 0 fully saturated rings. The van der Waals surface area contributed by atoms with E-state index in [1.807, 2.05) is 0 Å². The zero-order valence-corrected chi connectivity index (χ0v) is 9.76. The molecule has 1 amide bonds. The van der Waals surface area contributed by atoms with Crippen LogP contribution in [0.15, 0.2) is 4.79 Å². The molecule has 2 heterocycles. The highest BCUT2D eigenvalue weighted by Gasteiger charge is 2.13. The van der Waals surface area contributed by atoms with Crippen LogP contribution in [-0.4, -0.2) is 20.5 Å². The Bertz CT molecular complexity index is 649. The van der Waals surface area contributed by atoms with Crippen LogP contribution in [0.4, 0.5) is 9.52 Å². The fraction of sp³-hybridized carbons (Fsp3) is 0.250. The van der Waals surface area contributed by atoms with Gasteiger partial charge in [0, 0.05) is 6.92 Å². The summed E-state index contributed by atoms with van der Waals surface area (Å²) in [5.74, 6) is -1.24. The Balaban J connectivity index is 2.47. The van der Waals surface area contributed by atoms with E-state index in [9.17, 15) is 14.0 Å². The monoisotopic (exact) mass is 257 g/mol. The first-order valence-electron chi connectivity index (χ1n) is 4.57. The quantitative estimate of drug-likeness (QED) is 0.743. The standard InChI is InChI=1S/C8H8FN5O2S/c1-3-5(9)6(16)14-8(10-3)17-7(13-14)12-11-4(2)15/h1-2H3,(H,11,15)(H,12,13). The number of rotatable bonds is 2. The van der Waals surface area contributed by atoms with Crippen LogP contribution in [0.2, 0.25) is 0 Å². The smallest absolute Gasteiger partial charge is 0.274 e. The fourth-order valence-corrected chi connectivity index (χ4v) is 1.91. The molecule has 0 spiro atoms. The summed E-state index contributed by atoms with van der Waals surface area (Å²) in [5.41, 5.74) is 3.94. The predicted octanol–water partition coefficient (Wildman–Crippen LogP) is 0.0615. The SMILES string of the molecule is CC(=O)NNc1nn2c(=O)c(F)c(C)nc2s1. The number of amides is 1. The molecule has 0 radical (unpaired) electrons. The molecule has 0 saturated heterocycles. The van der Waals surface area contributed by atoms with Crippen molar-refractivity contribution in [3.8, 4) is 0 Å². The molecule has 2 aromatic heterocycles. The van der Waals surface area contributed by atoms with Crippen LogP contribution in [0.5, 0.6) is 0 Å². The third-order valence-electron chi connectivity index (χ3n) is 1.87. The molecule has 2 rings (SSSR count). The molecule has 0 aromatic carbocycles. The second kappa shape index (κ2) is 4.09. The number of nitrogens with one attached hydrogen (secondary N) is 2. The van der Waals surface area contributed by atoms with E-state index < -0.39 is 11.4 Å². The molecule has 0 atom stereocenters. The molecular formula is C8H8FN5O2S. The number of halogens is 1. The fourth-order valence-electron chi connectivity index (χ4n) is 1.12. The average Bonchev–Trinajstić information content (AvgIpc) is 2.66. The Morgan fingerprint density at radius 2 is 2.24 bits per heavy atom. The third-order valence-corrected chi connectivity index (χ3v) is 2.69. The third kappa shape index (κ3) is 2.09. The van der Waals surface area contributed by atoms with Gasteiger partial charge >= 0.3 is 5.56 Å². The summed E-state index contributed by atoms with van der Waals surface area (Å²) in [4.78, 5) is 26.3. The van der Waals surface area contributed by atoms with Gasteiger partial charge < -0.3 is 0 Å². The molecule has 9 heteroatoms. The molecule has 2 N–H and O–H groups in total. The van der Waals surface area contributed by atoms with Crippen molar-refractivity contribution in [2.75, 3.05) is 5.43 Å². The Morgan fingerprint density at radius 3 is 2.88 bits per heavy atom. The van der Waals surface area contributed by atoms with Crippen LogP contribution < -0.4 is 16.4 Å². The number of hydrogen-bond acceptors (Lipinski definition) is 6. The average molecular weight is 257 g/mol. The molecule has 0 bridgehead atoms. The highest BCUT2D eigenvalue weighted by atomic mass is 32.1. The van der Waals surface area contributed by atoms with Crippen LogP contribution in [0.25, 0.3) is 4.96 Å². The topological polar surface area (TPSA) is 88.4 Å². The van der Waals surface area contributed by atoms with E-state index in [0.29, 0.717) is 0 Å². The number of carbonyl (C=O) groups excluding carboxylic acids is 1. The molecule has 0 aliphatic heterocycles. The Morgan fingerprint density at radius 1 is 1.53 bits per heavy atom. The molecule has 2 aromatic rings. The second-order valence-electron chi connectivity index (χ2n) is 3.22. The van der Waals surface area contributed by atoms with Crippen molar-refractivity contribution in [1.82, 2.24) is 20.0 Å². The number of anilines is 1. The van der Waals surface area contributed by atoms with Crippen molar-refractivity contribution in [3.05, 3.63) is 21.9 Å². The summed E-state index contributed by atoms with van der Waals surface area (Å²) in [5, 5.41) is 4.03. The van der Waals surface area contributed by atoms with E-state index in [4.69, 9.17) is 0 Å². The number of nitrogens with zero attached hydrogens (tertiary/aromatic N) is 3. The minimum absolute atomic E-state index is 0.0183. The number of hydrazine groups is 1. The number of aryl methyl sites for hydroxylation is 1. The minimum atomic E-state index is -0.932. The lowest BCUT2D eigenvalue weighted by atomic mass is 10.4. The van der Waals surface area contributed by atoms with E-state index in [0.717, 1.165) is 15.9 Å². The summed E-state index contributed by atoms with van der Waals surface area (Å²) in [6.45, 7) is 2.71. The first kappa shape index (κ1) is 11.5. The highest BCUT2D eigenvalue weighted by molar-refractivity contribution is 7.20. The van der Waals surface area contributed by atoms with E-state index in [1.165, 1.54) is 13.8 Å². The van der Waals surface area contributed by atoms with E-state index in [2.05, 4.69) is 20.9 Å². The molecule has 0 saturated carbocycles. The molecule has 0 unspecified atom stereocenters. The zero-order valence-electron chi connectivity index (χ0n) is 8.94. The van der Waals surface area contributed by atoms with Gasteiger partial charge in [0.05, 0.1) is 5.69 Å². The lowest BCUT2D eigenvalue weighted by Gasteiger charge is -1.98. The number of hydrogen-bond donors (Lipinski definition) is 2. The van der Waals surface area contributed by atoms with Crippen molar-refractivity contribution in [2.24, 2.45) is 0 Å². The summed E-state index contributed by atoms with van der Waals surface area (Å²) in [7, 11) is 0. The van der Waals surface area contributed by atoms with Crippen molar-refractivity contribution in [1.29, 1.82) is 0 Å². The Hall–Kier alpha value is -2.03. The van der Waals surface area contributed by atoms with Crippen molar-refractivity contribution < 1.29 is 9.18 Å². The van der Waals surface area contributed by atoms with E-state index >= 15 is 0 Å². The molecule has 90 valence electrons. The maximum Gasteiger partial charge on any atom is 0.311 e. The van der Waals surface area contributed by atoms with Crippen molar-refractivity contribution >= 4 is 27.3 Å². The molecule has 0 aliphatic rings.